The molecule has 0 aliphatic carbocycles. The summed E-state index contributed by atoms with van der Waals surface area (Å²) < 4.78 is 26.5. The van der Waals surface area contributed by atoms with Crippen molar-refractivity contribution in [2.75, 3.05) is 6.26 Å². The number of benzene rings is 2. The Kier molecular flexibility index (Phi) is 5.20. The number of phenolic OH excluding ortho intramolecular Hbond substituents is 1. The second-order valence-corrected chi connectivity index (χ2v) is 5.66. The molecule has 0 heterocycles. The lowest BCUT2D eigenvalue weighted by Gasteiger charge is -2.15. The molecule has 0 spiro atoms. The zero-order valence-corrected chi connectivity index (χ0v) is 12.7. The van der Waals surface area contributed by atoms with E-state index in [9.17, 15) is 8.78 Å². The van der Waals surface area contributed by atoms with Gasteiger partial charge in [-0.1, -0.05) is 12.1 Å². The molecule has 1 unspecified atom stereocenters. The van der Waals surface area contributed by atoms with Gasteiger partial charge in [0.05, 0.1) is 0 Å². The average Bonchev–Trinajstić information content (AvgIpc) is 2.50. The van der Waals surface area contributed by atoms with E-state index in [0.29, 0.717) is 12.1 Å². The van der Waals surface area contributed by atoms with E-state index in [1.165, 1.54) is 4.90 Å². The quantitative estimate of drug-likeness (QED) is 0.810. The van der Waals surface area contributed by atoms with Crippen molar-refractivity contribution in [3.63, 3.8) is 0 Å². The largest absolute Gasteiger partial charge is 0.503 e. The maximum Gasteiger partial charge on any atom is 0.187 e. The fourth-order valence-corrected chi connectivity index (χ4v) is 2.41. The molecular weight excluding hydrogens is 292 g/mol. The van der Waals surface area contributed by atoms with Gasteiger partial charge in [-0.3, -0.25) is 0 Å². The van der Waals surface area contributed by atoms with Crippen LogP contribution in [0.4, 0.5) is 8.78 Å². The van der Waals surface area contributed by atoms with Crippen molar-refractivity contribution in [2.45, 2.75) is 24.4 Å². The van der Waals surface area contributed by atoms with Crippen molar-refractivity contribution in [1.82, 2.24) is 5.32 Å². The molecule has 0 saturated carbocycles. The highest BCUT2D eigenvalue weighted by Crippen LogP contribution is 2.22. The Morgan fingerprint density at radius 1 is 1.14 bits per heavy atom. The minimum atomic E-state index is -0.941. The van der Waals surface area contributed by atoms with Crippen molar-refractivity contribution in [3.05, 3.63) is 59.2 Å². The number of nitrogens with one attached hydrogen (secondary N) is 1. The molecule has 2 N–H and O–H groups in total. The standard InChI is InChI=1S/C16H17F2NOS/c1-10(12-3-5-13(21-2)6-4-12)19-9-11-7-14(17)16(20)15(18)8-11/h3-8,10,19-20H,9H2,1-2H3. The van der Waals surface area contributed by atoms with Crippen molar-refractivity contribution in [1.29, 1.82) is 0 Å². The molecule has 2 aromatic carbocycles. The topological polar surface area (TPSA) is 32.3 Å². The molecule has 0 amide bonds. The summed E-state index contributed by atoms with van der Waals surface area (Å²) in [5, 5.41) is 12.3. The number of aromatic hydroxyl groups is 1. The smallest absolute Gasteiger partial charge is 0.187 e. The number of phenols is 1. The molecule has 5 heteroatoms. The van der Waals surface area contributed by atoms with Crippen LogP contribution in [0.15, 0.2) is 41.3 Å². The molecule has 0 aromatic heterocycles. The van der Waals surface area contributed by atoms with Gasteiger partial charge in [0.25, 0.3) is 0 Å². The first-order valence-corrected chi connectivity index (χ1v) is 7.78. The van der Waals surface area contributed by atoms with E-state index in [1.54, 1.807) is 11.8 Å². The highest BCUT2D eigenvalue weighted by atomic mass is 32.2. The van der Waals surface area contributed by atoms with Crippen LogP contribution in [0.2, 0.25) is 0 Å². The fourth-order valence-electron chi connectivity index (χ4n) is 2.00. The summed E-state index contributed by atoms with van der Waals surface area (Å²) in [6, 6.07) is 10.5. The molecule has 1 atom stereocenters. The van der Waals surface area contributed by atoms with Crippen molar-refractivity contribution < 1.29 is 13.9 Å². The second-order valence-electron chi connectivity index (χ2n) is 4.78. The predicted molar refractivity (Wildman–Crippen MR) is 81.5 cm³/mol. The monoisotopic (exact) mass is 309 g/mol. The van der Waals surface area contributed by atoms with E-state index in [0.717, 1.165) is 17.7 Å². The molecule has 0 fully saturated rings. The van der Waals surface area contributed by atoms with Gasteiger partial charge in [0, 0.05) is 17.5 Å². The Bertz CT molecular complexity index is 593. The summed E-state index contributed by atoms with van der Waals surface area (Å²) in [5.41, 5.74) is 1.56. The third kappa shape index (κ3) is 3.95. The molecule has 0 saturated heterocycles. The average molecular weight is 309 g/mol. The first-order chi connectivity index (χ1) is 10.0. The van der Waals surface area contributed by atoms with Crippen LogP contribution < -0.4 is 5.32 Å². The lowest BCUT2D eigenvalue weighted by Crippen LogP contribution is -2.18. The molecule has 0 aliphatic heterocycles. The van der Waals surface area contributed by atoms with Gasteiger partial charge < -0.3 is 10.4 Å². The summed E-state index contributed by atoms with van der Waals surface area (Å²) in [6.07, 6.45) is 2.02. The van der Waals surface area contributed by atoms with Gasteiger partial charge >= 0.3 is 0 Å². The number of hydrogen-bond donors (Lipinski definition) is 2. The van der Waals surface area contributed by atoms with Crippen LogP contribution >= 0.6 is 11.8 Å². The van der Waals surface area contributed by atoms with Crippen LogP contribution in [0, 0.1) is 11.6 Å². The van der Waals surface area contributed by atoms with Gasteiger partial charge in [0.2, 0.25) is 0 Å². The third-order valence-corrected chi connectivity index (χ3v) is 4.05. The highest BCUT2D eigenvalue weighted by Gasteiger charge is 2.11. The summed E-state index contributed by atoms with van der Waals surface area (Å²) in [7, 11) is 0. The van der Waals surface area contributed by atoms with E-state index < -0.39 is 17.4 Å². The van der Waals surface area contributed by atoms with Crippen LogP contribution in [0.1, 0.15) is 24.1 Å². The van der Waals surface area contributed by atoms with Crippen LogP contribution in [0.25, 0.3) is 0 Å². The highest BCUT2D eigenvalue weighted by molar-refractivity contribution is 7.98. The molecule has 21 heavy (non-hydrogen) atoms. The maximum absolute atomic E-state index is 13.3. The Labute approximate surface area is 127 Å². The number of thioether (sulfide) groups is 1. The van der Waals surface area contributed by atoms with Crippen molar-refractivity contribution >= 4 is 11.8 Å². The lowest BCUT2D eigenvalue weighted by atomic mass is 10.1. The molecule has 2 aromatic rings. The maximum atomic E-state index is 13.3. The normalized spacial score (nSPS) is 12.4. The van der Waals surface area contributed by atoms with Crippen LogP contribution in [-0.4, -0.2) is 11.4 Å². The van der Waals surface area contributed by atoms with E-state index in [1.807, 2.05) is 37.4 Å². The van der Waals surface area contributed by atoms with E-state index >= 15 is 0 Å². The number of rotatable bonds is 5. The van der Waals surface area contributed by atoms with E-state index in [-0.39, 0.29) is 6.04 Å². The fraction of sp³-hybridized carbons (Fsp3) is 0.250. The molecule has 2 rings (SSSR count). The van der Waals surface area contributed by atoms with E-state index in [4.69, 9.17) is 5.11 Å². The van der Waals surface area contributed by atoms with Gasteiger partial charge in [0.15, 0.2) is 17.4 Å². The molecule has 0 bridgehead atoms. The van der Waals surface area contributed by atoms with Crippen LogP contribution in [0.5, 0.6) is 5.75 Å². The molecule has 0 aliphatic rings. The van der Waals surface area contributed by atoms with E-state index in [2.05, 4.69) is 5.32 Å². The summed E-state index contributed by atoms with van der Waals surface area (Å²) in [4.78, 5) is 1.19. The number of halogens is 2. The molecule has 112 valence electrons. The SMILES string of the molecule is CSc1ccc(C(C)NCc2cc(F)c(O)c(F)c2)cc1. The second kappa shape index (κ2) is 6.91. The molecule has 0 radical (unpaired) electrons. The predicted octanol–water partition coefficient (Wildman–Crippen LogP) is 4.24. The van der Waals surface area contributed by atoms with Crippen molar-refractivity contribution in [2.24, 2.45) is 0 Å². The minimum Gasteiger partial charge on any atom is -0.503 e. The van der Waals surface area contributed by atoms with Gasteiger partial charge in [-0.25, -0.2) is 8.78 Å². The van der Waals surface area contributed by atoms with Crippen LogP contribution in [-0.2, 0) is 6.54 Å². The van der Waals surface area contributed by atoms with Gasteiger partial charge in [-0.2, -0.15) is 0 Å². The Morgan fingerprint density at radius 3 is 2.24 bits per heavy atom. The minimum absolute atomic E-state index is 0.0563. The summed E-state index contributed by atoms with van der Waals surface area (Å²) in [6.45, 7) is 2.31. The lowest BCUT2D eigenvalue weighted by molar-refractivity contribution is 0.394. The van der Waals surface area contributed by atoms with Gasteiger partial charge in [-0.05, 0) is 48.6 Å². The third-order valence-electron chi connectivity index (χ3n) is 3.30. The summed E-state index contributed by atoms with van der Waals surface area (Å²) >= 11 is 1.68. The molecule has 2 nitrogen and oxygen atoms in total. The van der Waals surface area contributed by atoms with Gasteiger partial charge in [0.1, 0.15) is 0 Å². The Morgan fingerprint density at radius 2 is 1.71 bits per heavy atom. The Hall–Kier alpha value is -1.59. The van der Waals surface area contributed by atoms with Crippen molar-refractivity contribution in [3.8, 4) is 5.75 Å². The first kappa shape index (κ1) is 15.8. The zero-order chi connectivity index (χ0) is 15.4. The Balaban J connectivity index is 2.01. The number of hydrogen-bond acceptors (Lipinski definition) is 3. The zero-order valence-electron chi connectivity index (χ0n) is 11.9. The molecular formula is C16H17F2NOS. The first-order valence-electron chi connectivity index (χ1n) is 6.55. The van der Waals surface area contributed by atoms with Crippen LogP contribution in [0.3, 0.4) is 0 Å². The van der Waals surface area contributed by atoms with Gasteiger partial charge in [-0.15, -0.1) is 11.8 Å². The summed E-state index contributed by atoms with van der Waals surface area (Å²) in [5.74, 6) is -2.81.